The summed E-state index contributed by atoms with van der Waals surface area (Å²) in [5, 5.41) is 0. The van der Waals surface area contributed by atoms with E-state index >= 15 is 0 Å². The Morgan fingerprint density at radius 1 is 0.800 bits per heavy atom. The number of hydrogen-bond acceptors (Lipinski definition) is 4. The molecule has 0 saturated carbocycles. The van der Waals surface area contributed by atoms with Gasteiger partial charge in [0, 0.05) is 0 Å². The molecule has 0 saturated heterocycles. The molecule has 0 atom stereocenters. The van der Waals surface area contributed by atoms with Crippen LogP contribution in [0.3, 0.4) is 0 Å². The SMILES string of the molecule is CCCC[O][Ti]([OH])([O]CCCC)[O][Si](CC)(CC)CC. The third-order valence-corrected chi connectivity index (χ3v) is 13.4. The molecule has 0 aromatic heterocycles. The van der Waals surface area contributed by atoms with Gasteiger partial charge in [-0.25, -0.2) is 0 Å². The van der Waals surface area contributed by atoms with Crippen LogP contribution >= 0.6 is 0 Å². The van der Waals surface area contributed by atoms with E-state index in [2.05, 4.69) is 34.6 Å². The fourth-order valence-corrected chi connectivity index (χ4v) is 11.2. The zero-order valence-corrected chi connectivity index (χ0v) is 16.6. The average molecular weight is 342 g/mol. The Balaban J connectivity index is 4.70. The van der Waals surface area contributed by atoms with Crippen molar-refractivity contribution in [1.29, 1.82) is 0 Å². The first kappa shape index (κ1) is 20.8. The molecule has 20 heavy (non-hydrogen) atoms. The summed E-state index contributed by atoms with van der Waals surface area (Å²) in [7, 11) is -1.89. The molecule has 0 aromatic rings. The average Bonchev–Trinajstić information content (AvgIpc) is 2.46. The second-order valence-corrected chi connectivity index (χ2v) is 13.5. The van der Waals surface area contributed by atoms with Gasteiger partial charge in [-0.3, -0.25) is 0 Å². The first-order chi connectivity index (χ1) is 9.51. The van der Waals surface area contributed by atoms with Crippen molar-refractivity contribution in [3.8, 4) is 0 Å². The molecule has 1 N–H and O–H groups in total. The predicted molar refractivity (Wildman–Crippen MR) is 82.2 cm³/mol. The van der Waals surface area contributed by atoms with Crippen LogP contribution in [0.2, 0.25) is 18.1 Å². The van der Waals surface area contributed by atoms with E-state index in [1.807, 2.05) is 0 Å². The number of rotatable bonds is 13. The molecule has 0 aromatic carbocycles. The topological polar surface area (TPSA) is 47.9 Å². The van der Waals surface area contributed by atoms with Gasteiger partial charge < -0.3 is 0 Å². The van der Waals surface area contributed by atoms with Gasteiger partial charge >= 0.3 is 131 Å². The monoisotopic (exact) mass is 342 g/mol. The van der Waals surface area contributed by atoms with Gasteiger partial charge in [-0.05, 0) is 0 Å². The van der Waals surface area contributed by atoms with Crippen molar-refractivity contribution >= 4 is 8.32 Å². The Hall–Kier alpha value is 0.771. The molecule has 0 aliphatic rings. The minimum absolute atomic E-state index is 0.542. The van der Waals surface area contributed by atoms with Crippen molar-refractivity contribution in [3.05, 3.63) is 0 Å². The van der Waals surface area contributed by atoms with Crippen molar-refractivity contribution in [3.63, 3.8) is 0 Å². The van der Waals surface area contributed by atoms with E-state index in [9.17, 15) is 3.69 Å². The van der Waals surface area contributed by atoms with E-state index in [-0.39, 0.29) is 0 Å². The zero-order valence-electron chi connectivity index (χ0n) is 14.0. The standard InChI is InChI=1S/C6H15OSi.2C4H9O.H2O.Ti/c1-4-8(7,5-2)6-3;2*1-2-3-4-5;;/h4-6H2,1-3H3;2*2-4H2,1H3;1H2;/q3*-1;;+4/p-1. The quantitative estimate of drug-likeness (QED) is 0.397. The van der Waals surface area contributed by atoms with E-state index in [1.54, 1.807) is 0 Å². The van der Waals surface area contributed by atoms with Gasteiger partial charge in [-0.15, -0.1) is 0 Å². The van der Waals surface area contributed by atoms with Gasteiger partial charge in [-0.1, -0.05) is 0 Å². The molecule has 0 amide bonds. The van der Waals surface area contributed by atoms with Crippen LogP contribution in [-0.2, 0) is 27.8 Å². The molecule has 0 radical (unpaired) electrons. The Labute approximate surface area is 131 Å². The summed E-state index contributed by atoms with van der Waals surface area (Å²) in [5.74, 6) is 0. The Bertz CT molecular complexity index is 219. The molecule has 0 spiro atoms. The summed E-state index contributed by atoms with van der Waals surface area (Å²) in [5.41, 5.74) is 0. The Kier molecular flexibility index (Phi) is 11.8. The summed E-state index contributed by atoms with van der Waals surface area (Å²) in [4.78, 5) is 0. The molecule has 0 aliphatic heterocycles. The van der Waals surface area contributed by atoms with Gasteiger partial charge in [0.1, 0.15) is 0 Å². The normalized spacial score (nSPS) is 12.9. The molecule has 0 rings (SSSR count). The van der Waals surface area contributed by atoms with Crippen LogP contribution < -0.4 is 0 Å². The van der Waals surface area contributed by atoms with Gasteiger partial charge in [0.05, 0.1) is 0 Å². The van der Waals surface area contributed by atoms with Gasteiger partial charge in [0.25, 0.3) is 0 Å². The summed E-state index contributed by atoms with van der Waals surface area (Å²) in [6, 6.07) is 3.01. The van der Waals surface area contributed by atoms with Gasteiger partial charge in [0.2, 0.25) is 0 Å². The predicted octanol–water partition coefficient (Wildman–Crippen LogP) is 4.45. The minimum atomic E-state index is -4.02. The van der Waals surface area contributed by atoms with E-state index in [1.165, 1.54) is 0 Å². The van der Waals surface area contributed by atoms with E-state index in [0.29, 0.717) is 13.2 Å². The Morgan fingerprint density at radius 2 is 1.20 bits per heavy atom. The van der Waals surface area contributed by atoms with Gasteiger partial charge in [0.15, 0.2) is 0 Å². The third kappa shape index (κ3) is 7.69. The summed E-state index contributed by atoms with van der Waals surface area (Å²) >= 11 is -4.02. The van der Waals surface area contributed by atoms with E-state index in [0.717, 1.165) is 43.8 Å². The molecular weight excluding hydrogens is 308 g/mol. The summed E-state index contributed by atoms with van der Waals surface area (Å²) < 4.78 is 28.4. The van der Waals surface area contributed by atoms with Crippen LogP contribution in [0.15, 0.2) is 0 Å². The first-order valence-electron chi connectivity index (χ1n) is 8.21. The Morgan fingerprint density at radius 3 is 1.50 bits per heavy atom. The van der Waals surface area contributed by atoms with Gasteiger partial charge in [-0.2, -0.15) is 0 Å². The fraction of sp³-hybridized carbons (Fsp3) is 1.00. The van der Waals surface area contributed by atoms with Crippen molar-refractivity contribution < 1.29 is 31.5 Å². The van der Waals surface area contributed by atoms with E-state index in [4.69, 9.17) is 9.64 Å². The maximum absolute atomic E-state index is 10.7. The maximum atomic E-state index is 10.7. The molecule has 6 heteroatoms. The van der Waals surface area contributed by atoms with Crippen molar-refractivity contribution in [2.75, 3.05) is 13.2 Å². The zero-order chi connectivity index (χ0) is 15.5. The second-order valence-electron chi connectivity index (χ2n) is 5.27. The van der Waals surface area contributed by atoms with Crippen molar-refractivity contribution in [2.45, 2.75) is 78.4 Å². The molecule has 0 bridgehead atoms. The van der Waals surface area contributed by atoms with Crippen LogP contribution in [-0.4, -0.2) is 25.2 Å². The molecule has 0 heterocycles. The van der Waals surface area contributed by atoms with Crippen LogP contribution in [0.25, 0.3) is 0 Å². The molecule has 4 nitrogen and oxygen atoms in total. The molecule has 0 unspecified atom stereocenters. The first-order valence-corrected chi connectivity index (χ1v) is 13.4. The number of hydrogen-bond donors (Lipinski definition) is 1. The fourth-order valence-electron chi connectivity index (χ4n) is 2.03. The van der Waals surface area contributed by atoms with E-state index < -0.39 is 26.5 Å². The molecule has 0 fully saturated rings. The van der Waals surface area contributed by atoms with Crippen molar-refractivity contribution in [1.82, 2.24) is 0 Å². The van der Waals surface area contributed by atoms with Crippen LogP contribution in [0, 0.1) is 0 Å². The van der Waals surface area contributed by atoms with Crippen LogP contribution in [0.1, 0.15) is 60.3 Å². The molecule has 122 valence electrons. The molecule has 0 aliphatic carbocycles. The summed E-state index contributed by atoms with van der Waals surface area (Å²) in [6.45, 7) is 11.8. The third-order valence-electron chi connectivity index (χ3n) is 3.84. The van der Waals surface area contributed by atoms with Crippen LogP contribution in [0.4, 0.5) is 0 Å². The summed E-state index contributed by atoms with van der Waals surface area (Å²) in [6.07, 6.45) is 3.97. The van der Waals surface area contributed by atoms with Crippen LogP contribution in [0.5, 0.6) is 0 Å². The second kappa shape index (κ2) is 11.4. The number of unbranched alkanes of at least 4 members (excludes halogenated alkanes) is 2. The molecular formula is C14H34O4SiTi. The van der Waals surface area contributed by atoms with Crippen molar-refractivity contribution in [2.24, 2.45) is 0 Å².